The largest absolute Gasteiger partial charge is 0.398 e. The van der Waals surface area contributed by atoms with Gasteiger partial charge in [0.2, 0.25) is 0 Å². The molecular formula is C21H12F2N2O3. The normalized spacial score (nSPS) is 12.4. The average molecular weight is 378 g/mol. The average Bonchev–Trinajstić information content (AvgIpc) is 2.65. The first-order valence-electron chi connectivity index (χ1n) is 8.26. The van der Waals surface area contributed by atoms with Crippen LogP contribution in [0.5, 0.6) is 0 Å². The first-order valence-corrected chi connectivity index (χ1v) is 8.26. The Labute approximate surface area is 157 Å². The molecule has 3 N–H and O–H groups in total. The van der Waals surface area contributed by atoms with E-state index in [1.54, 1.807) is 6.07 Å². The number of nitrogen functional groups attached to an aromatic ring is 1. The van der Waals surface area contributed by atoms with E-state index in [2.05, 4.69) is 5.32 Å². The monoisotopic (exact) mass is 378 g/mol. The van der Waals surface area contributed by atoms with Gasteiger partial charge >= 0.3 is 0 Å². The highest BCUT2D eigenvalue weighted by molar-refractivity contribution is 6.32. The Kier molecular flexibility index (Phi) is 4.00. The maximum Gasteiger partial charge on any atom is 0.258 e. The molecule has 0 aromatic heterocycles. The molecule has 28 heavy (non-hydrogen) atoms. The fourth-order valence-electron chi connectivity index (χ4n) is 3.24. The molecule has 3 aromatic rings. The van der Waals surface area contributed by atoms with E-state index < -0.39 is 34.7 Å². The Balaban J connectivity index is 1.79. The second-order valence-corrected chi connectivity index (χ2v) is 6.23. The molecule has 4 rings (SSSR count). The number of hydrogen-bond acceptors (Lipinski definition) is 4. The Hall–Kier alpha value is -3.87. The van der Waals surface area contributed by atoms with Crippen molar-refractivity contribution in [2.45, 2.75) is 0 Å². The van der Waals surface area contributed by atoms with Gasteiger partial charge in [0.15, 0.2) is 11.6 Å². The lowest BCUT2D eigenvalue weighted by Gasteiger charge is -2.21. The number of nitrogens with two attached hydrogens (primary N) is 1. The Morgan fingerprint density at radius 1 is 0.857 bits per heavy atom. The topological polar surface area (TPSA) is 89.3 Å². The van der Waals surface area contributed by atoms with Crippen molar-refractivity contribution < 1.29 is 23.2 Å². The molecule has 1 aliphatic rings. The van der Waals surface area contributed by atoms with Crippen LogP contribution in [-0.2, 0) is 0 Å². The Morgan fingerprint density at radius 3 is 2.21 bits per heavy atom. The van der Waals surface area contributed by atoms with Crippen LogP contribution in [0.1, 0.15) is 42.2 Å². The summed E-state index contributed by atoms with van der Waals surface area (Å²) in [6.45, 7) is 0. The van der Waals surface area contributed by atoms with E-state index in [1.165, 1.54) is 30.3 Å². The summed E-state index contributed by atoms with van der Waals surface area (Å²) in [5, 5.41) is 2.44. The number of fused-ring (bicyclic) bond motifs is 2. The molecule has 0 bridgehead atoms. The molecule has 0 radical (unpaired) electrons. The van der Waals surface area contributed by atoms with Gasteiger partial charge in [-0.3, -0.25) is 14.4 Å². The molecule has 0 atom stereocenters. The lowest BCUT2D eigenvalue weighted by molar-refractivity contribution is 0.0979. The van der Waals surface area contributed by atoms with Gasteiger partial charge in [-0.25, -0.2) is 8.78 Å². The van der Waals surface area contributed by atoms with Gasteiger partial charge in [0.25, 0.3) is 5.91 Å². The molecule has 5 nitrogen and oxygen atoms in total. The van der Waals surface area contributed by atoms with Gasteiger partial charge in [0, 0.05) is 22.9 Å². The van der Waals surface area contributed by atoms with Crippen molar-refractivity contribution in [3.05, 3.63) is 94.0 Å². The second-order valence-electron chi connectivity index (χ2n) is 6.23. The van der Waals surface area contributed by atoms with Crippen molar-refractivity contribution in [1.29, 1.82) is 0 Å². The number of carbonyl (C=O) groups excluding carboxylic acids is 3. The number of amides is 1. The lowest BCUT2D eigenvalue weighted by atomic mass is 9.82. The van der Waals surface area contributed by atoms with Crippen molar-refractivity contribution in [2.24, 2.45) is 0 Å². The maximum absolute atomic E-state index is 13.9. The van der Waals surface area contributed by atoms with E-state index in [0.717, 1.165) is 12.1 Å². The highest BCUT2D eigenvalue weighted by Crippen LogP contribution is 2.34. The van der Waals surface area contributed by atoms with Crippen LogP contribution in [0.4, 0.5) is 20.2 Å². The summed E-state index contributed by atoms with van der Waals surface area (Å²) >= 11 is 0. The van der Waals surface area contributed by atoms with E-state index in [0.29, 0.717) is 6.07 Å². The third kappa shape index (κ3) is 2.64. The summed E-state index contributed by atoms with van der Waals surface area (Å²) in [6, 6.07) is 11.5. The summed E-state index contributed by atoms with van der Waals surface area (Å²) in [5.74, 6) is -3.65. The zero-order valence-electron chi connectivity index (χ0n) is 14.3. The third-order valence-electron chi connectivity index (χ3n) is 4.53. The van der Waals surface area contributed by atoms with E-state index in [1.807, 2.05) is 0 Å². The quantitative estimate of drug-likeness (QED) is 0.522. The van der Waals surface area contributed by atoms with Crippen LogP contribution in [0.25, 0.3) is 0 Å². The van der Waals surface area contributed by atoms with Gasteiger partial charge in [0.05, 0.1) is 22.4 Å². The van der Waals surface area contributed by atoms with E-state index in [9.17, 15) is 23.2 Å². The first kappa shape index (κ1) is 17.5. The molecule has 3 aromatic carbocycles. The van der Waals surface area contributed by atoms with Crippen LogP contribution in [0, 0.1) is 11.6 Å². The Bertz CT molecular complexity index is 1190. The number of rotatable bonds is 2. The van der Waals surface area contributed by atoms with Crippen molar-refractivity contribution in [1.82, 2.24) is 0 Å². The molecule has 138 valence electrons. The van der Waals surface area contributed by atoms with Gasteiger partial charge < -0.3 is 11.1 Å². The number of nitrogens with one attached hydrogen (secondary N) is 1. The SMILES string of the molecule is Nc1cccc2c1C(=O)c1cccc(NC(=O)c3ccc(F)cc3F)c1C2=O. The van der Waals surface area contributed by atoms with E-state index in [4.69, 9.17) is 5.73 Å². The minimum atomic E-state index is -1.04. The zero-order chi connectivity index (χ0) is 20.0. The predicted molar refractivity (Wildman–Crippen MR) is 98.5 cm³/mol. The van der Waals surface area contributed by atoms with Crippen molar-refractivity contribution >= 4 is 28.8 Å². The maximum atomic E-state index is 13.9. The fourth-order valence-corrected chi connectivity index (χ4v) is 3.24. The smallest absolute Gasteiger partial charge is 0.258 e. The number of halogens is 2. The van der Waals surface area contributed by atoms with Crippen LogP contribution < -0.4 is 11.1 Å². The van der Waals surface area contributed by atoms with E-state index in [-0.39, 0.29) is 33.6 Å². The summed E-state index contributed by atoms with van der Waals surface area (Å²) < 4.78 is 27.0. The number of ketones is 2. The van der Waals surface area contributed by atoms with Gasteiger partial charge in [-0.15, -0.1) is 0 Å². The predicted octanol–water partition coefficient (Wildman–Crippen LogP) is 3.57. The van der Waals surface area contributed by atoms with Crippen LogP contribution >= 0.6 is 0 Å². The molecule has 1 amide bonds. The van der Waals surface area contributed by atoms with E-state index >= 15 is 0 Å². The number of benzene rings is 3. The highest BCUT2D eigenvalue weighted by atomic mass is 19.1. The summed E-state index contributed by atoms with van der Waals surface area (Å²) in [7, 11) is 0. The summed E-state index contributed by atoms with van der Waals surface area (Å²) in [4.78, 5) is 38.2. The molecule has 0 spiro atoms. The molecule has 0 saturated carbocycles. The molecule has 1 aliphatic carbocycles. The fraction of sp³-hybridized carbons (Fsp3) is 0. The number of hydrogen-bond donors (Lipinski definition) is 2. The molecular weight excluding hydrogens is 366 g/mol. The molecule has 0 saturated heterocycles. The molecule has 7 heteroatoms. The molecule has 0 fully saturated rings. The van der Waals surface area contributed by atoms with Crippen molar-refractivity contribution in [3.8, 4) is 0 Å². The van der Waals surface area contributed by atoms with Gasteiger partial charge in [0.1, 0.15) is 11.6 Å². The number of anilines is 2. The van der Waals surface area contributed by atoms with Gasteiger partial charge in [-0.1, -0.05) is 24.3 Å². The summed E-state index contributed by atoms with van der Waals surface area (Å²) in [5.41, 5.74) is 6.05. The van der Waals surface area contributed by atoms with Crippen molar-refractivity contribution in [3.63, 3.8) is 0 Å². The molecule has 0 unspecified atom stereocenters. The van der Waals surface area contributed by atoms with Crippen LogP contribution in [-0.4, -0.2) is 17.5 Å². The minimum Gasteiger partial charge on any atom is -0.398 e. The molecule has 0 aliphatic heterocycles. The molecule has 0 heterocycles. The van der Waals surface area contributed by atoms with Gasteiger partial charge in [-0.2, -0.15) is 0 Å². The van der Waals surface area contributed by atoms with Crippen LogP contribution in [0.15, 0.2) is 54.6 Å². The highest BCUT2D eigenvalue weighted by Gasteiger charge is 2.33. The van der Waals surface area contributed by atoms with Crippen LogP contribution in [0.2, 0.25) is 0 Å². The van der Waals surface area contributed by atoms with Crippen LogP contribution in [0.3, 0.4) is 0 Å². The first-order chi connectivity index (χ1) is 13.4. The zero-order valence-corrected chi connectivity index (χ0v) is 14.3. The second kappa shape index (κ2) is 6.38. The van der Waals surface area contributed by atoms with Gasteiger partial charge in [-0.05, 0) is 24.3 Å². The third-order valence-corrected chi connectivity index (χ3v) is 4.53. The lowest BCUT2D eigenvalue weighted by Crippen LogP contribution is -2.25. The summed E-state index contributed by atoms with van der Waals surface area (Å²) in [6.07, 6.45) is 0. The van der Waals surface area contributed by atoms with Crippen molar-refractivity contribution in [2.75, 3.05) is 11.1 Å². The number of carbonyl (C=O) groups is 3. The minimum absolute atomic E-state index is 0.00136. The standard InChI is InChI=1S/C21H12F2N2O3/c22-10-7-8-11(14(23)9-10)21(28)25-16-6-2-4-13-18(16)20(27)12-3-1-5-15(24)17(12)19(13)26/h1-9H,24H2,(H,25,28). The Morgan fingerprint density at radius 2 is 1.50 bits per heavy atom.